The van der Waals surface area contributed by atoms with Crippen molar-refractivity contribution >= 4 is 17.6 Å². The first kappa shape index (κ1) is 15.2. The van der Waals surface area contributed by atoms with Crippen LogP contribution in [0.1, 0.15) is 15.9 Å². The number of halogens is 1. The fourth-order valence-corrected chi connectivity index (χ4v) is 1.92. The predicted molar refractivity (Wildman–Crippen MR) is 80.6 cm³/mol. The zero-order valence-corrected chi connectivity index (χ0v) is 12.3. The van der Waals surface area contributed by atoms with Crippen molar-refractivity contribution < 1.29 is 19.4 Å². The van der Waals surface area contributed by atoms with E-state index in [1.165, 1.54) is 12.1 Å². The molecule has 0 aliphatic heterocycles. The SMILES string of the molecule is Cc1ccc(Cl)c(OCCOc2cccc(C(=O)O)c2)c1. The van der Waals surface area contributed by atoms with Crippen molar-refractivity contribution in [3.8, 4) is 11.5 Å². The molecule has 0 heterocycles. The van der Waals surface area contributed by atoms with E-state index >= 15 is 0 Å². The van der Waals surface area contributed by atoms with Crippen molar-refractivity contribution in [3.05, 3.63) is 58.6 Å². The van der Waals surface area contributed by atoms with Crippen LogP contribution in [0.5, 0.6) is 11.5 Å². The fraction of sp³-hybridized carbons (Fsp3) is 0.188. The molecule has 110 valence electrons. The summed E-state index contributed by atoms with van der Waals surface area (Å²) in [6, 6.07) is 11.9. The highest BCUT2D eigenvalue weighted by Crippen LogP contribution is 2.25. The summed E-state index contributed by atoms with van der Waals surface area (Å²) < 4.78 is 11.0. The summed E-state index contributed by atoms with van der Waals surface area (Å²) in [5, 5.41) is 9.44. The molecule has 2 aromatic rings. The molecule has 0 bridgehead atoms. The molecule has 0 unspecified atom stereocenters. The van der Waals surface area contributed by atoms with Crippen LogP contribution in [-0.4, -0.2) is 24.3 Å². The first-order chi connectivity index (χ1) is 10.1. The van der Waals surface area contributed by atoms with Crippen LogP contribution in [0.15, 0.2) is 42.5 Å². The minimum Gasteiger partial charge on any atom is -0.490 e. The van der Waals surface area contributed by atoms with E-state index in [-0.39, 0.29) is 5.56 Å². The lowest BCUT2D eigenvalue weighted by atomic mass is 10.2. The average Bonchev–Trinajstić information content (AvgIpc) is 2.47. The first-order valence-corrected chi connectivity index (χ1v) is 6.79. The van der Waals surface area contributed by atoms with Crippen LogP contribution < -0.4 is 9.47 Å². The highest BCUT2D eigenvalue weighted by molar-refractivity contribution is 6.32. The number of ether oxygens (including phenoxy) is 2. The van der Waals surface area contributed by atoms with Crippen LogP contribution in [0.25, 0.3) is 0 Å². The van der Waals surface area contributed by atoms with E-state index < -0.39 is 5.97 Å². The second kappa shape index (κ2) is 6.99. The van der Waals surface area contributed by atoms with Crippen molar-refractivity contribution in [1.29, 1.82) is 0 Å². The standard InChI is InChI=1S/C16H15ClO4/c1-11-5-6-14(17)15(9-11)21-8-7-20-13-4-2-3-12(10-13)16(18)19/h2-6,9-10H,7-8H2,1H3,(H,18,19). The van der Waals surface area contributed by atoms with Crippen LogP contribution in [0.3, 0.4) is 0 Å². The van der Waals surface area contributed by atoms with Gasteiger partial charge in [-0.05, 0) is 42.8 Å². The molecule has 0 radical (unpaired) electrons. The third kappa shape index (κ3) is 4.39. The lowest BCUT2D eigenvalue weighted by molar-refractivity contribution is 0.0696. The Morgan fingerprint density at radius 3 is 2.67 bits per heavy atom. The fourth-order valence-electron chi connectivity index (χ4n) is 1.75. The van der Waals surface area contributed by atoms with Crippen molar-refractivity contribution in [3.63, 3.8) is 0 Å². The number of benzene rings is 2. The minimum absolute atomic E-state index is 0.190. The molecule has 0 saturated carbocycles. The Labute approximate surface area is 127 Å². The molecule has 1 N–H and O–H groups in total. The highest BCUT2D eigenvalue weighted by atomic mass is 35.5. The Kier molecular flexibility index (Phi) is 5.06. The van der Waals surface area contributed by atoms with Crippen molar-refractivity contribution in [2.75, 3.05) is 13.2 Å². The molecule has 21 heavy (non-hydrogen) atoms. The zero-order chi connectivity index (χ0) is 15.2. The zero-order valence-electron chi connectivity index (χ0n) is 11.5. The van der Waals surface area contributed by atoms with Gasteiger partial charge in [0.05, 0.1) is 10.6 Å². The van der Waals surface area contributed by atoms with Gasteiger partial charge in [-0.1, -0.05) is 23.7 Å². The lowest BCUT2D eigenvalue weighted by Crippen LogP contribution is -2.09. The molecular formula is C16H15ClO4. The van der Waals surface area contributed by atoms with Gasteiger partial charge >= 0.3 is 5.97 Å². The number of aromatic carboxylic acids is 1. The normalized spacial score (nSPS) is 10.2. The van der Waals surface area contributed by atoms with Crippen LogP contribution in [0.4, 0.5) is 0 Å². The maximum Gasteiger partial charge on any atom is 0.335 e. The molecule has 0 aliphatic rings. The third-order valence-corrected chi connectivity index (χ3v) is 3.09. The topological polar surface area (TPSA) is 55.8 Å². The molecule has 0 saturated heterocycles. The molecule has 0 aromatic heterocycles. The third-order valence-electron chi connectivity index (χ3n) is 2.78. The number of carboxylic acid groups (broad SMARTS) is 1. The summed E-state index contributed by atoms with van der Waals surface area (Å²) in [6.45, 7) is 2.57. The van der Waals surface area contributed by atoms with Gasteiger partial charge in [0.2, 0.25) is 0 Å². The highest BCUT2D eigenvalue weighted by Gasteiger charge is 2.04. The minimum atomic E-state index is -0.983. The van der Waals surface area contributed by atoms with Gasteiger partial charge in [-0.15, -0.1) is 0 Å². The van der Waals surface area contributed by atoms with E-state index in [9.17, 15) is 4.79 Å². The molecule has 5 heteroatoms. The maximum atomic E-state index is 10.8. The van der Waals surface area contributed by atoms with Crippen molar-refractivity contribution in [2.24, 2.45) is 0 Å². The molecule has 0 fully saturated rings. The van der Waals surface area contributed by atoms with Crippen LogP contribution in [0, 0.1) is 6.92 Å². The molecule has 2 rings (SSSR count). The molecule has 0 amide bonds. The van der Waals surface area contributed by atoms with Crippen LogP contribution >= 0.6 is 11.6 Å². The van der Waals surface area contributed by atoms with E-state index in [0.717, 1.165) is 5.56 Å². The smallest absolute Gasteiger partial charge is 0.335 e. The van der Waals surface area contributed by atoms with Crippen LogP contribution in [0.2, 0.25) is 5.02 Å². The van der Waals surface area contributed by atoms with Gasteiger partial charge in [0.15, 0.2) is 0 Å². The van der Waals surface area contributed by atoms with E-state index in [0.29, 0.717) is 29.7 Å². The summed E-state index contributed by atoms with van der Waals surface area (Å²) in [5.41, 5.74) is 1.25. The van der Waals surface area contributed by atoms with Gasteiger partial charge in [0.25, 0.3) is 0 Å². The molecule has 4 nitrogen and oxygen atoms in total. The Morgan fingerprint density at radius 2 is 1.90 bits per heavy atom. The summed E-state index contributed by atoms with van der Waals surface area (Å²) in [6.07, 6.45) is 0. The van der Waals surface area contributed by atoms with Gasteiger partial charge in [-0.25, -0.2) is 4.79 Å². The van der Waals surface area contributed by atoms with Gasteiger partial charge in [0.1, 0.15) is 24.7 Å². The molecule has 0 spiro atoms. The number of carbonyl (C=O) groups is 1. The summed E-state index contributed by atoms with van der Waals surface area (Å²) in [4.78, 5) is 10.8. The van der Waals surface area contributed by atoms with E-state index in [1.54, 1.807) is 18.2 Å². The largest absolute Gasteiger partial charge is 0.490 e. The quantitative estimate of drug-likeness (QED) is 0.825. The number of hydrogen-bond donors (Lipinski definition) is 1. The maximum absolute atomic E-state index is 10.8. The Bertz CT molecular complexity index is 640. The van der Waals surface area contributed by atoms with Crippen molar-refractivity contribution in [2.45, 2.75) is 6.92 Å². The Balaban J connectivity index is 1.86. The van der Waals surface area contributed by atoms with Crippen molar-refractivity contribution in [1.82, 2.24) is 0 Å². The summed E-state index contributed by atoms with van der Waals surface area (Å²) in [5.74, 6) is 0.122. The molecule has 0 aliphatic carbocycles. The van der Waals surface area contributed by atoms with Gasteiger partial charge in [0, 0.05) is 0 Å². The molecule has 2 aromatic carbocycles. The summed E-state index contributed by atoms with van der Waals surface area (Å²) >= 11 is 6.02. The Morgan fingerprint density at radius 1 is 1.14 bits per heavy atom. The second-order valence-electron chi connectivity index (χ2n) is 4.46. The number of rotatable bonds is 6. The average molecular weight is 307 g/mol. The van der Waals surface area contributed by atoms with Crippen LogP contribution in [-0.2, 0) is 0 Å². The monoisotopic (exact) mass is 306 g/mol. The van der Waals surface area contributed by atoms with Gasteiger partial charge < -0.3 is 14.6 Å². The number of hydrogen-bond acceptors (Lipinski definition) is 3. The number of carboxylic acids is 1. The first-order valence-electron chi connectivity index (χ1n) is 6.41. The number of aryl methyl sites for hydroxylation is 1. The second-order valence-corrected chi connectivity index (χ2v) is 4.87. The lowest BCUT2D eigenvalue weighted by Gasteiger charge is -2.10. The van der Waals surface area contributed by atoms with Gasteiger partial charge in [-0.2, -0.15) is 0 Å². The van der Waals surface area contributed by atoms with Gasteiger partial charge in [-0.3, -0.25) is 0 Å². The molecular weight excluding hydrogens is 292 g/mol. The van der Waals surface area contributed by atoms with E-state index in [4.69, 9.17) is 26.2 Å². The summed E-state index contributed by atoms with van der Waals surface area (Å²) in [7, 11) is 0. The molecule has 0 atom stereocenters. The predicted octanol–water partition coefficient (Wildman–Crippen LogP) is 3.80. The van der Waals surface area contributed by atoms with E-state index in [2.05, 4.69) is 0 Å². The van der Waals surface area contributed by atoms with E-state index in [1.807, 2.05) is 19.1 Å². The Hall–Kier alpha value is -2.20.